The van der Waals surface area contributed by atoms with Crippen LogP contribution in [0, 0.1) is 0 Å². The van der Waals surface area contributed by atoms with Crippen LogP contribution in [0.3, 0.4) is 0 Å². The van der Waals surface area contributed by atoms with Crippen LogP contribution in [-0.2, 0) is 13.1 Å². The minimum absolute atomic E-state index is 0.656. The van der Waals surface area contributed by atoms with E-state index in [1.54, 1.807) is 7.11 Å². The molecule has 5 heteroatoms. The highest BCUT2D eigenvalue weighted by molar-refractivity contribution is 5.17. The Morgan fingerprint density at radius 2 is 2.26 bits per heavy atom. The Bertz CT molecular complexity index is 467. The van der Waals surface area contributed by atoms with E-state index in [1.165, 1.54) is 5.56 Å². The second-order valence-electron chi connectivity index (χ2n) is 4.35. The number of rotatable bonds is 7. The van der Waals surface area contributed by atoms with Crippen LogP contribution < -0.4 is 4.74 Å². The molecule has 2 heterocycles. The van der Waals surface area contributed by atoms with Crippen molar-refractivity contribution in [3.63, 3.8) is 0 Å². The zero-order valence-corrected chi connectivity index (χ0v) is 11.5. The highest BCUT2D eigenvalue weighted by atomic mass is 16.5. The van der Waals surface area contributed by atoms with Gasteiger partial charge in [-0.15, -0.1) is 0 Å². The molecule has 0 aliphatic carbocycles. The van der Waals surface area contributed by atoms with Crippen LogP contribution in [-0.4, -0.2) is 39.9 Å². The quantitative estimate of drug-likeness (QED) is 0.761. The second-order valence-corrected chi connectivity index (χ2v) is 4.35. The molecule has 102 valence electrons. The summed E-state index contributed by atoms with van der Waals surface area (Å²) in [6.07, 6.45) is 5.67. The Balaban J connectivity index is 1.87. The molecular formula is C14H20N4O. The van der Waals surface area contributed by atoms with Gasteiger partial charge in [0.25, 0.3) is 0 Å². The molecule has 5 nitrogen and oxygen atoms in total. The second kappa shape index (κ2) is 6.89. The average Bonchev–Trinajstić information content (AvgIpc) is 2.97. The van der Waals surface area contributed by atoms with Crippen LogP contribution in [0.1, 0.15) is 12.5 Å². The molecule has 0 spiro atoms. The number of methoxy groups -OCH3 is 1. The number of pyridine rings is 1. The molecule has 2 aromatic heterocycles. The number of aromatic nitrogens is 3. The van der Waals surface area contributed by atoms with E-state index in [0.29, 0.717) is 5.88 Å². The molecule has 2 rings (SSSR count). The standard InChI is InChI=1S/C14H20N4O/c1-3-17(9-10-18-8-4-7-16-18)12-13-5-6-14(19-2)15-11-13/h4-8,11H,3,9-10,12H2,1-2H3. The Hall–Kier alpha value is -1.88. The lowest BCUT2D eigenvalue weighted by Gasteiger charge is -2.20. The minimum atomic E-state index is 0.656. The molecule has 0 N–H and O–H groups in total. The van der Waals surface area contributed by atoms with Crippen molar-refractivity contribution in [2.24, 2.45) is 0 Å². The van der Waals surface area contributed by atoms with E-state index in [4.69, 9.17) is 4.74 Å². The van der Waals surface area contributed by atoms with Crippen LogP contribution in [0.5, 0.6) is 5.88 Å². The molecule has 0 aromatic carbocycles. The van der Waals surface area contributed by atoms with E-state index < -0.39 is 0 Å². The number of nitrogens with zero attached hydrogens (tertiary/aromatic N) is 4. The average molecular weight is 260 g/mol. The Kier molecular flexibility index (Phi) is 4.92. The molecule has 0 aliphatic heterocycles. The van der Waals surface area contributed by atoms with E-state index in [0.717, 1.165) is 26.2 Å². The maximum atomic E-state index is 5.06. The number of hydrogen-bond acceptors (Lipinski definition) is 4. The highest BCUT2D eigenvalue weighted by Gasteiger charge is 2.05. The van der Waals surface area contributed by atoms with Crippen molar-refractivity contribution in [2.45, 2.75) is 20.0 Å². The largest absolute Gasteiger partial charge is 0.481 e. The van der Waals surface area contributed by atoms with Gasteiger partial charge < -0.3 is 4.74 Å². The summed E-state index contributed by atoms with van der Waals surface area (Å²) in [5.74, 6) is 0.656. The van der Waals surface area contributed by atoms with Gasteiger partial charge in [0.15, 0.2) is 0 Å². The normalized spacial score (nSPS) is 10.9. The fourth-order valence-corrected chi connectivity index (χ4v) is 1.91. The van der Waals surface area contributed by atoms with Gasteiger partial charge in [-0.3, -0.25) is 9.58 Å². The van der Waals surface area contributed by atoms with Crippen LogP contribution in [0.25, 0.3) is 0 Å². The van der Waals surface area contributed by atoms with Crippen LogP contribution in [0.15, 0.2) is 36.8 Å². The Morgan fingerprint density at radius 1 is 1.37 bits per heavy atom. The SMILES string of the molecule is CCN(CCn1cccn1)Cc1ccc(OC)nc1. The van der Waals surface area contributed by atoms with Crippen LogP contribution >= 0.6 is 0 Å². The smallest absolute Gasteiger partial charge is 0.212 e. The summed E-state index contributed by atoms with van der Waals surface area (Å²) in [5.41, 5.74) is 1.20. The first-order valence-corrected chi connectivity index (χ1v) is 6.50. The monoisotopic (exact) mass is 260 g/mol. The summed E-state index contributed by atoms with van der Waals surface area (Å²) in [4.78, 5) is 6.59. The van der Waals surface area contributed by atoms with E-state index >= 15 is 0 Å². The van der Waals surface area contributed by atoms with Gasteiger partial charge in [0.2, 0.25) is 5.88 Å². The zero-order chi connectivity index (χ0) is 13.5. The third-order valence-corrected chi connectivity index (χ3v) is 3.06. The Labute approximate surface area is 113 Å². The van der Waals surface area contributed by atoms with Crippen molar-refractivity contribution in [3.8, 4) is 5.88 Å². The zero-order valence-electron chi connectivity index (χ0n) is 11.5. The molecular weight excluding hydrogens is 240 g/mol. The van der Waals surface area contributed by atoms with E-state index in [-0.39, 0.29) is 0 Å². The maximum absolute atomic E-state index is 5.06. The summed E-state index contributed by atoms with van der Waals surface area (Å²) >= 11 is 0. The molecule has 0 atom stereocenters. The summed E-state index contributed by atoms with van der Waals surface area (Å²) in [7, 11) is 1.63. The van der Waals surface area contributed by atoms with E-state index in [2.05, 4.69) is 28.0 Å². The number of ether oxygens (including phenoxy) is 1. The minimum Gasteiger partial charge on any atom is -0.481 e. The first-order chi connectivity index (χ1) is 9.31. The van der Waals surface area contributed by atoms with Gasteiger partial charge in [-0.1, -0.05) is 13.0 Å². The molecule has 0 saturated heterocycles. The summed E-state index contributed by atoms with van der Waals surface area (Å²) in [6.45, 7) is 5.96. The lowest BCUT2D eigenvalue weighted by atomic mass is 10.2. The fourth-order valence-electron chi connectivity index (χ4n) is 1.91. The molecule has 0 saturated carbocycles. The van der Waals surface area contributed by atoms with Crippen molar-refractivity contribution >= 4 is 0 Å². The third-order valence-electron chi connectivity index (χ3n) is 3.06. The van der Waals surface area contributed by atoms with Gasteiger partial charge in [0.1, 0.15) is 0 Å². The molecule has 0 unspecified atom stereocenters. The van der Waals surface area contributed by atoms with Gasteiger partial charge in [-0.05, 0) is 18.2 Å². The van der Waals surface area contributed by atoms with Gasteiger partial charge in [0, 0.05) is 37.7 Å². The molecule has 0 amide bonds. The van der Waals surface area contributed by atoms with Crippen molar-refractivity contribution in [1.29, 1.82) is 0 Å². The van der Waals surface area contributed by atoms with Gasteiger partial charge in [-0.2, -0.15) is 5.10 Å². The molecule has 0 fully saturated rings. The fraction of sp³-hybridized carbons (Fsp3) is 0.429. The molecule has 19 heavy (non-hydrogen) atoms. The summed E-state index contributed by atoms with van der Waals surface area (Å²) in [6, 6.07) is 5.91. The first kappa shape index (κ1) is 13.5. The first-order valence-electron chi connectivity index (χ1n) is 6.50. The van der Waals surface area contributed by atoms with E-state index in [1.807, 2.05) is 35.4 Å². The molecule has 0 aliphatic rings. The predicted octanol–water partition coefficient (Wildman–Crippen LogP) is 1.81. The number of hydrogen-bond donors (Lipinski definition) is 0. The highest BCUT2D eigenvalue weighted by Crippen LogP contribution is 2.09. The van der Waals surface area contributed by atoms with Crippen molar-refractivity contribution < 1.29 is 4.74 Å². The Morgan fingerprint density at radius 3 is 2.84 bits per heavy atom. The van der Waals surface area contributed by atoms with Crippen LogP contribution in [0.2, 0.25) is 0 Å². The summed E-state index contributed by atoms with van der Waals surface area (Å²) < 4.78 is 7.01. The summed E-state index contributed by atoms with van der Waals surface area (Å²) in [5, 5.41) is 4.21. The maximum Gasteiger partial charge on any atom is 0.212 e. The van der Waals surface area contributed by atoms with Gasteiger partial charge in [0.05, 0.1) is 13.7 Å². The number of likely N-dealkylation sites (N-methyl/N-ethyl adjacent to an activating group) is 1. The van der Waals surface area contributed by atoms with E-state index in [9.17, 15) is 0 Å². The topological polar surface area (TPSA) is 43.2 Å². The predicted molar refractivity (Wildman–Crippen MR) is 74.0 cm³/mol. The molecule has 0 bridgehead atoms. The van der Waals surface area contributed by atoms with Gasteiger partial charge in [-0.25, -0.2) is 4.98 Å². The lowest BCUT2D eigenvalue weighted by Crippen LogP contribution is -2.27. The van der Waals surface area contributed by atoms with Crippen molar-refractivity contribution in [3.05, 3.63) is 42.4 Å². The third kappa shape index (κ3) is 4.06. The van der Waals surface area contributed by atoms with Crippen molar-refractivity contribution in [2.75, 3.05) is 20.2 Å². The van der Waals surface area contributed by atoms with Crippen molar-refractivity contribution in [1.82, 2.24) is 19.7 Å². The molecule has 0 radical (unpaired) electrons. The van der Waals surface area contributed by atoms with Crippen LogP contribution in [0.4, 0.5) is 0 Å². The van der Waals surface area contributed by atoms with Gasteiger partial charge >= 0.3 is 0 Å². The molecule has 2 aromatic rings. The lowest BCUT2D eigenvalue weighted by molar-refractivity contribution is 0.263.